The van der Waals surface area contributed by atoms with Gasteiger partial charge in [-0.05, 0) is 0 Å². The lowest BCUT2D eigenvalue weighted by Gasteiger charge is -2.01. The highest BCUT2D eigenvalue weighted by Crippen LogP contribution is 2.00. The molecule has 8 nitrogen and oxygen atoms in total. The number of rotatable bonds is 5. The number of benzene rings is 1. The van der Waals surface area contributed by atoms with Crippen molar-refractivity contribution in [3.63, 3.8) is 0 Å². The molecule has 1 amide bonds. The first-order valence-corrected chi connectivity index (χ1v) is 5.65. The maximum atomic E-state index is 11.7. The summed E-state index contributed by atoms with van der Waals surface area (Å²) in [5.74, 6) is -0.900. The molecule has 1 heterocycles. The van der Waals surface area contributed by atoms with Crippen LogP contribution in [0.5, 0.6) is 0 Å². The van der Waals surface area contributed by atoms with E-state index in [0.29, 0.717) is 10.4 Å². The Kier molecular flexibility index (Phi) is 3.85. The van der Waals surface area contributed by atoms with Crippen molar-refractivity contribution >= 4 is 11.7 Å². The number of carbonyl (C=O) groups is 2. The van der Waals surface area contributed by atoms with E-state index in [2.05, 4.69) is 10.4 Å². The molecule has 0 bridgehead atoms. The van der Waals surface area contributed by atoms with Gasteiger partial charge < -0.3 is 15.4 Å². The van der Waals surface area contributed by atoms with E-state index in [9.17, 15) is 19.7 Å². The monoisotopic (exact) mass is 274 g/mol. The van der Waals surface area contributed by atoms with Gasteiger partial charge in [-0.25, -0.2) is 0 Å². The first-order chi connectivity index (χ1) is 9.58. The van der Waals surface area contributed by atoms with Crippen LogP contribution in [-0.2, 0) is 0 Å². The lowest BCUT2D eigenvalue weighted by atomic mass is 10.1. The average molecular weight is 274 g/mol. The van der Waals surface area contributed by atoms with E-state index in [-0.39, 0.29) is 18.0 Å². The Balaban J connectivity index is 1.95. The zero-order valence-electron chi connectivity index (χ0n) is 10.2. The van der Waals surface area contributed by atoms with Crippen molar-refractivity contribution in [2.75, 3.05) is 6.54 Å². The topological polar surface area (TPSA) is 107 Å². The van der Waals surface area contributed by atoms with Gasteiger partial charge in [-0.1, -0.05) is 30.3 Å². The van der Waals surface area contributed by atoms with E-state index in [1.54, 1.807) is 30.3 Å². The second kappa shape index (κ2) is 5.74. The number of Topliss-reactive ketones (excluding diaryl/α,β-unsaturated/α-hetero) is 1. The maximum Gasteiger partial charge on any atom is 0.298 e. The number of carbonyl (C=O) groups excluding carboxylic acids is 2. The van der Waals surface area contributed by atoms with Crippen LogP contribution in [0.25, 0.3) is 0 Å². The van der Waals surface area contributed by atoms with Gasteiger partial charge in [-0.15, -0.1) is 0 Å². The number of hydrogen-bond donors (Lipinski definition) is 1. The molecular formula is C12H10N4O4. The van der Waals surface area contributed by atoms with Crippen molar-refractivity contribution in [2.45, 2.75) is 0 Å². The van der Waals surface area contributed by atoms with E-state index in [1.165, 1.54) is 6.07 Å². The van der Waals surface area contributed by atoms with Gasteiger partial charge in [-0.3, -0.25) is 9.59 Å². The minimum absolute atomic E-state index is 0.123. The van der Waals surface area contributed by atoms with Gasteiger partial charge in [0.25, 0.3) is 11.6 Å². The Hall–Kier alpha value is -3.03. The lowest BCUT2D eigenvalue weighted by molar-refractivity contribution is -0.552. The highest BCUT2D eigenvalue weighted by Gasteiger charge is 2.18. The molecule has 2 aromatic rings. The van der Waals surface area contributed by atoms with E-state index in [1.807, 2.05) is 0 Å². The molecule has 1 aromatic carbocycles. The van der Waals surface area contributed by atoms with Crippen LogP contribution in [-0.4, -0.2) is 33.2 Å². The Morgan fingerprint density at radius 2 is 1.95 bits per heavy atom. The predicted molar refractivity (Wildman–Crippen MR) is 67.7 cm³/mol. The molecule has 0 saturated carbocycles. The number of hydrogen-bond acceptors (Lipinski definition) is 5. The van der Waals surface area contributed by atoms with Gasteiger partial charge >= 0.3 is 0 Å². The van der Waals surface area contributed by atoms with E-state index in [0.717, 1.165) is 6.20 Å². The van der Waals surface area contributed by atoms with Crippen molar-refractivity contribution in [1.29, 1.82) is 0 Å². The summed E-state index contributed by atoms with van der Waals surface area (Å²) in [4.78, 5) is 34.2. The van der Waals surface area contributed by atoms with Gasteiger partial charge in [0.1, 0.15) is 6.20 Å². The molecule has 1 aromatic heterocycles. The third-order valence-corrected chi connectivity index (χ3v) is 2.48. The summed E-state index contributed by atoms with van der Waals surface area (Å²) in [6, 6.07) is 9.68. The summed E-state index contributed by atoms with van der Waals surface area (Å²) in [7, 11) is 0. The molecule has 0 aliphatic heterocycles. The normalized spacial score (nSPS) is 10.0. The van der Waals surface area contributed by atoms with Crippen LogP contribution in [0.2, 0.25) is 0 Å². The first kappa shape index (κ1) is 13.4. The second-order valence-electron chi connectivity index (χ2n) is 3.83. The van der Waals surface area contributed by atoms with Crippen LogP contribution in [0.1, 0.15) is 20.8 Å². The molecule has 20 heavy (non-hydrogen) atoms. The number of amides is 1. The predicted octanol–water partition coefficient (Wildman–Crippen LogP) is 0.536. The average Bonchev–Trinajstić information content (AvgIpc) is 2.95. The number of aromatic nitrogens is 2. The van der Waals surface area contributed by atoms with Crippen molar-refractivity contribution in [1.82, 2.24) is 15.2 Å². The molecular weight excluding hydrogens is 264 g/mol. The number of nitrogens with one attached hydrogen (secondary N) is 1. The number of nitrogens with zero attached hydrogens (tertiary/aromatic N) is 3. The van der Waals surface area contributed by atoms with Crippen LogP contribution >= 0.6 is 0 Å². The SMILES string of the molecule is O=C(CNC(=O)c1ccn([N+](=O)[O-])n1)c1ccccc1. The van der Waals surface area contributed by atoms with Crippen LogP contribution in [0.3, 0.4) is 0 Å². The molecule has 0 fully saturated rings. The van der Waals surface area contributed by atoms with Gasteiger partial charge in [0.05, 0.1) is 16.7 Å². The molecule has 2 rings (SSSR count). The molecule has 0 aliphatic rings. The summed E-state index contributed by atoms with van der Waals surface area (Å²) in [5.41, 5.74) is 0.353. The van der Waals surface area contributed by atoms with Crippen LogP contribution in [0.15, 0.2) is 42.6 Å². The minimum Gasteiger partial charge on any atom is -0.341 e. The third kappa shape index (κ3) is 3.05. The third-order valence-electron chi connectivity index (χ3n) is 2.48. The fourth-order valence-electron chi connectivity index (χ4n) is 1.50. The Bertz CT molecular complexity index is 650. The fourth-order valence-corrected chi connectivity index (χ4v) is 1.50. The van der Waals surface area contributed by atoms with E-state index < -0.39 is 10.9 Å². The first-order valence-electron chi connectivity index (χ1n) is 5.65. The molecule has 1 N–H and O–H groups in total. The molecule has 0 spiro atoms. The molecule has 0 unspecified atom stereocenters. The van der Waals surface area contributed by atoms with Gasteiger partial charge in [-0.2, -0.15) is 0 Å². The number of nitro groups is 1. The van der Waals surface area contributed by atoms with Gasteiger partial charge in [0, 0.05) is 16.4 Å². The molecule has 0 atom stereocenters. The van der Waals surface area contributed by atoms with Gasteiger partial charge in [0.2, 0.25) is 0 Å². The largest absolute Gasteiger partial charge is 0.341 e. The quantitative estimate of drug-likeness (QED) is 0.486. The van der Waals surface area contributed by atoms with Crippen molar-refractivity contribution in [3.8, 4) is 0 Å². The van der Waals surface area contributed by atoms with Crippen LogP contribution < -0.4 is 5.32 Å². The Morgan fingerprint density at radius 3 is 2.55 bits per heavy atom. The summed E-state index contributed by atoms with van der Waals surface area (Å²) in [6.45, 7) is -0.200. The van der Waals surface area contributed by atoms with Crippen LogP contribution in [0, 0.1) is 10.1 Å². The highest BCUT2D eigenvalue weighted by molar-refractivity contribution is 6.01. The minimum atomic E-state index is -0.772. The van der Waals surface area contributed by atoms with Crippen LogP contribution in [0.4, 0.5) is 0 Å². The fraction of sp³-hybridized carbons (Fsp3) is 0.0833. The molecule has 8 heteroatoms. The molecule has 0 saturated heterocycles. The van der Waals surface area contributed by atoms with E-state index >= 15 is 0 Å². The summed E-state index contributed by atoms with van der Waals surface area (Å²) in [5, 5.41) is 15.5. The summed E-state index contributed by atoms with van der Waals surface area (Å²) in [6.07, 6.45) is 1.05. The molecule has 0 radical (unpaired) electrons. The molecule has 0 aliphatic carbocycles. The summed E-state index contributed by atoms with van der Waals surface area (Å²) >= 11 is 0. The molecule has 102 valence electrons. The Labute approximate surface area is 113 Å². The van der Waals surface area contributed by atoms with Crippen molar-refractivity contribution in [2.24, 2.45) is 0 Å². The zero-order valence-corrected chi connectivity index (χ0v) is 10.2. The standard InChI is InChI=1S/C12H10N4O4/c17-11(9-4-2-1-3-5-9)8-13-12(18)10-6-7-15(14-10)16(19)20/h1-7H,8H2,(H,13,18). The number of ketones is 1. The lowest BCUT2D eigenvalue weighted by Crippen LogP contribution is -2.30. The Morgan fingerprint density at radius 1 is 1.25 bits per heavy atom. The van der Waals surface area contributed by atoms with Crippen molar-refractivity contribution in [3.05, 3.63) is 64.0 Å². The van der Waals surface area contributed by atoms with Gasteiger partial charge in [0.15, 0.2) is 5.78 Å². The van der Waals surface area contributed by atoms with Crippen molar-refractivity contribution < 1.29 is 14.6 Å². The highest BCUT2D eigenvalue weighted by atomic mass is 16.7. The maximum absolute atomic E-state index is 11.7. The zero-order chi connectivity index (χ0) is 14.5. The van der Waals surface area contributed by atoms with E-state index in [4.69, 9.17) is 0 Å². The smallest absolute Gasteiger partial charge is 0.298 e. The summed E-state index contributed by atoms with van der Waals surface area (Å²) < 4.78 is 0. The second-order valence-corrected chi connectivity index (χ2v) is 3.83.